The number of para-hydroxylation sites is 1. The summed E-state index contributed by atoms with van der Waals surface area (Å²) in [6, 6.07) is 15.2. The highest BCUT2D eigenvalue weighted by molar-refractivity contribution is 6.02. The predicted molar refractivity (Wildman–Crippen MR) is 114 cm³/mol. The number of methoxy groups -OCH3 is 1. The fraction of sp³-hybridized carbons (Fsp3) is 0.458. The lowest BCUT2D eigenvalue weighted by Gasteiger charge is -2.50. The van der Waals surface area contributed by atoms with E-state index < -0.39 is 0 Å². The topological polar surface area (TPSA) is 38.5 Å². The molecule has 1 atom stereocenters. The van der Waals surface area contributed by atoms with Crippen molar-refractivity contribution in [1.29, 1.82) is 0 Å². The van der Waals surface area contributed by atoms with E-state index in [-0.39, 0.29) is 11.8 Å². The molecule has 29 heavy (non-hydrogen) atoms. The third kappa shape index (κ3) is 2.99. The lowest BCUT2D eigenvalue weighted by atomic mass is 9.90. The molecule has 2 aromatic rings. The average molecular weight is 393 g/mol. The number of ether oxygens (including phenoxy) is 2. The molecule has 3 heterocycles. The lowest BCUT2D eigenvalue weighted by molar-refractivity contribution is -0.906. The van der Waals surface area contributed by atoms with Crippen molar-refractivity contribution in [2.45, 2.75) is 44.9 Å². The minimum absolute atomic E-state index is 0.202. The molecule has 3 aliphatic heterocycles. The van der Waals surface area contributed by atoms with Gasteiger partial charge in [-0.25, -0.2) is 5.01 Å². The van der Waals surface area contributed by atoms with Crippen molar-refractivity contribution in [3.05, 3.63) is 59.2 Å². The van der Waals surface area contributed by atoms with Gasteiger partial charge < -0.3 is 14.4 Å². The zero-order valence-corrected chi connectivity index (χ0v) is 17.6. The number of hydrogen-bond acceptors (Lipinski definition) is 4. The standard InChI is InChI=1S/C24H29N3O2/c1-4-26-14-12-24(13-15-26)27-21(19-6-5-7-22(28-3)23(19)29-24)16-20(25-27)18-10-8-17(2)9-11-18/h5-11,21H,4,12-16H2,1-3H3/p+1/t21-/m0/s1. The lowest BCUT2D eigenvalue weighted by Crippen LogP contribution is -3.13. The van der Waals surface area contributed by atoms with Crippen LogP contribution in [0, 0.1) is 6.92 Å². The third-order valence-electron chi connectivity index (χ3n) is 6.83. The van der Waals surface area contributed by atoms with Crippen LogP contribution in [0.5, 0.6) is 11.5 Å². The van der Waals surface area contributed by atoms with Crippen LogP contribution in [0.2, 0.25) is 0 Å². The summed E-state index contributed by atoms with van der Waals surface area (Å²) in [5.41, 5.74) is 4.44. The first kappa shape index (κ1) is 18.5. The van der Waals surface area contributed by atoms with E-state index in [0.29, 0.717) is 0 Å². The second-order valence-electron chi connectivity index (χ2n) is 8.51. The Balaban J connectivity index is 1.57. The highest BCUT2D eigenvalue weighted by atomic mass is 16.5. The van der Waals surface area contributed by atoms with Gasteiger partial charge in [0.1, 0.15) is 0 Å². The van der Waals surface area contributed by atoms with Gasteiger partial charge in [0.05, 0.1) is 51.3 Å². The second kappa shape index (κ2) is 7.06. The first-order valence-electron chi connectivity index (χ1n) is 10.8. The molecule has 5 nitrogen and oxygen atoms in total. The second-order valence-corrected chi connectivity index (χ2v) is 8.51. The zero-order valence-electron chi connectivity index (χ0n) is 17.6. The van der Waals surface area contributed by atoms with Gasteiger partial charge in [0.2, 0.25) is 5.72 Å². The Hall–Kier alpha value is -2.53. The van der Waals surface area contributed by atoms with Crippen LogP contribution in [0.1, 0.15) is 48.9 Å². The normalized spacial score (nSPS) is 27.8. The summed E-state index contributed by atoms with van der Waals surface area (Å²) < 4.78 is 12.4. The maximum Gasteiger partial charge on any atom is 0.209 e. The van der Waals surface area contributed by atoms with Gasteiger partial charge in [-0.05, 0) is 25.5 Å². The van der Waals surface area contributed by atoms with Gasteiger partial charge in [-0.2, -0.15) is 5.10 Å². The smallest absolute Gasteiger partial charge is 0.209 e. The number of hydrogen-bond donors (Lipinski definition) is 1. The van der Waals surface area contributed by atoms with E-state index in [1.807, 2.05) is 6.07 Å². The van der Waals surface area contributed by atoms with E-state index >= 15 is 0 Å². The number of rotatable bonds is 3. The van der Waals surface area contributed by atoms with Crippen LogP contribution in [0.4, 0.5) is 0 Å². The molecule has 152 valence electrons. The number of nitrogens with one attached hydrogen (secondary N) is 1. The quantitative estimate of drug-likeness (QED) is 0.873. The minimum Gasteiger partial charge on any atom is -0.493 e. The number of benzene rings is 2. The summed E-state index contributed by atoms with van der Waals surface area (Å²) in [5.74, 6) is 1.74. The van der Waals surface area contributed by atoms with Crippen LogP contribution < -0.4 is 14.4 Å². The molecule has 1 fully saturated rings. The summed E-state index contributed by atoms with van der Waals surface area (Å²) >= 11 is 0. The van der Waals surface area contributed by atoms with Gasteiger partial charge in [-0.15, -0.1) is 0 Å². The molecular weight excluding hydrogens is 362 g/mol. The molecule has 0 bridgehead atoms. The summed E-state index contributed by atoms with van der Waals surface area (Å²) in [5, 5.41) is 7.46. The van der Waals surface area contributed by atoms with E-state index in [9.17, 15) is 0 Å². The summed E-state index contributed by atoms with van der Waals surface area (Å²) in [6.45, 7) is 7.77. The number of likely N-dealkylation sites (tertiary alicyclic amines) is 1. The van der Waals surface area contributed by atoms with Gasteiger partial charge in [0.15, 0.2) is 11.5 Å². The Labute approximate surface area is 172 Å². The molecule has 0 aromatic heterocycles. The SMILES string of the molecule is CC[NH+]1CCC2(CC1)Oc1c(OC)cccc1[C@@H]1CC(c3ccc(C)cc3)=NN12. The fourth-order valence-electron chi connectivity index (χ4n) is 5.03. The number of nitrogens with zero attached hydrogens (tertiary/aromatic N) is 2. The van der Waals surface area contributed by atoms with E-state index in [1.165, 1.54) is 16.7 Å². The molecule has 0 unspecified atom stereocenters. The van der Waals surface area contributed by atoms with E-state index in [2.05, 4.69) is 55.3 Å². The van der Waals surface area contributed by atoms with Crippen molar-refractivity contribution in [2.24, 2.45) is 5.10 Å². The molecule has 0 amide bonds. The molecule has 1 saturated heterocycles. The minimum atomic E-state index is -0.378. The number of piperidine rings is 1. The van der Waals surface area contributed by atoms with Gasteiger partial charge >= 0.3 is 0 Å². The van der Waals surface area contributed by atoms with Crippen LogP contribution in [-0.4, -0.2) is 43.2 Å². The van der Waals surface area contributed by atoms with Crippen molar-refractivity contribution in [1.82, 2.24) is 5.01 Å². The van der Waals surface area contributed by atoms with Gasteiger partial charge in [0.25, 0.3) is 0 Å². The van der Waals surface area contributed by atoms with Crippen molar-refractivity contribution >= 4 is 5.71 Å². The number of hydrazone groups is 1. The van der Waals surface area contributed by atoms with Crippen molar-refractivity contribution in [3.8, 4) is 11.5 Å². The largest absolute Gasteiger partial charge is 0.493 e. The van der Waals surface area contributed by atoms with Crippen LogP contribution in [-0.2, 0) is 0 Å². The Morgan fingerprint density at radius 3 is 2.62 bits per heavy atom. The highest BCUT2D eigenvalue weighted by Gasteiger charge is 2.53. The van der Waals surface area contributed by atoms with Crippen LogP contribution in [0.15, 0.2) is 47.6 Å². The zero-order chi connectivity index (χ0) is 20.0. The average Bonchev–Trinajstić information content (AvgIpc) is 3.21. The van der Waals surface area contributed by atoms with Gasteiger partial charge in [0, 0.05) is 12.0 Å². The van der Waals surface area contributed by atoms with E-state index in [0.717, 1.165) is 56.1 Å². The molecule has 1 spiro atoms. The van der Waals surface area contributed by atoms with Crippen molar-refractivity contribution < 1.29 is 14.4 Å². The first-order chi connectivity index (χ1) is 14.1. The molecule has 2 aromatic carbocycles. The molecule has 3 aliphatic rings. The number of quaternary nitrogens is 1. The number of fused-ring (bicyclic) bond motifs is 4. The molecular formula is C24H30N3O2+. The molecule has 1 N–H and O–H groups in total. The predicted octanol–water partition coefficient (Wildman–Crippen LogP) is 2.94. The Bertz CT molecular complexity index is 930. The molecule has 0 saturated carbocycles. The summed E-state index contributed by atoms with van der Waals surface area (Å²) in [6.07, 6.45) is 2.86. The maximum atomic E-state index is 6.77. The van der Waals surface area contributed by atoms with Gasteiger partial charge in [-0.1, -0.05) is 42.0 Å². The van der Waals surface area contributed by atoms with Crippen molar-refractivity contribution in [3.63, 3.8) is 0 Å². The highest BCUT2D eigenvalue weighted by Crippen LogP contribution is 2.52. The molecule has 5 heteroatoms. The van der Waals surface area contributed by atoms with Gasteiger partial charge in [-0.3, -0.25) is 0 Å². The molecule has 0 aliphatic carbocycles. The Kier molecular flexibility index (Phi) is 4.50. The van der Waals surface area contributed by atoms with Crippen LogP contribution >= 0.6 is 0 Å². The van der Waals surface area contributed by atoms with Crippen LogP contribution in [0.25, 0.3) is 0 Å². The van der Waals surface area contributed by atoms with E-state index in [1.54, 1.807) is 12.0 Å². The van der Waals surface area contributed by atoms with Crippen molar-refractivity contribution in [2.75, 3.05) is 26.7 Å². The monoisotopic (exact) mass is 392 g/mol. The maximum absolute atomic E-state index is 6.77. The summed E-state index contributed by atoms with van der Waals surface area (Å²) in [4.78, 5) is 1.64. The first-order valence-corrected chi connectivity index (χ1v) is 10.8. The fourth-order valence-corrected chi connectivity index (χ4v) is 5.03. The molecule has 5 rings (SSSR count). The number of aryl methyl sites for hydroxylation is 1. The molecule has 0 radical (unpaired) electrons. The third-order valence-corrected chi connectivity index (χ3v) is 6.83. The van der Waals surface area contributed by atoms with E-state index in [4.69, 9.17) is 14.6 Å². The van der Waals surface area contributed by atoms with Crippen LogP contribution in [0.3, 0.4) is 0 Å². The summed E-state index contributed by atoms with van der Waals surface area (Å²) in [7, 11) is 1.73. The Morgan fingerprint density at radius 2 is 1.93 bits per heavy atom. The Morgan fingerprint density at radius 1 is 1.17 bits per heavy atom.